The molecule has 0 bridgehead atoms. The lowest BCUT2D eigenvalue weighted by molar-refractivity contribution is -0.117. The summed E-state index contributed by atoms with van der Waals surface area (Å²) in [6.07, 6.45) is 4.64. The van der Waals surface area contributed by atoms with Crippen molar-refractivity contribution < 1.29 is 17.6 Å². The van der Waals surface area contributed by atoms with Crippen molar-refractivity contribution in [3.63, 3.8) is 0 Å². The van der Waals surface area contributed by atoms with Crippen molar-refractivity contribution in [1.82, 2.24) is 5.32 Å². The first kappa shape index (κ1) is 15.3. The van der Waals surface area contributed by atoms with Gasteiger partial charge in [-0.3, -0.25) is 4.79 Å². The molecule has 120 valence electrons. The Bertz CT molecular complexity index is 718. The van der Waals surface area contributed by atoms with Gasteiger partial charge >= 0.3 is 0 Å². The lowest BCUT2D eigenvalue weighted by Crippen LogP contribution is -2.46. The molecule has 2 fully saturated rings. The molecule has 1 aliphatic carbocycles. The molecule has 1 amide bonds. The molecule has 1 aromatic heterocycles. The van der Waals surface area contributed by atoms with Gasteiger partial charge in [-0.2, -0.15) is 0 Å². The predicted molar refractivity (Wildman–Crippen MR) is 84.1 cm³/mol. The maximum atomic E-state index is 12.0. The van der Waals surface area contributed by atoms with Crippen LogP contribution in [0.2, 0.25) is 0 Å². The first-order chi connectivity index (χ1) is 10.3. The monoisotopic (exact) mass is 323 g/mol. The summed E-state index contributed by atoms with van der Waals surface area (Å²) in [5.41, 5.74) is -0.669. The molecular formula is C16H21NO4S. The fourth-order valence-electron chi connectivity index (χ4n) is 2.98. The number of furan rings is 1. The Balaban J connectivity index is 1.58. The predicted octanol–water partition coefficient (Wildman–Crippen LogP) is 2.11. The highest BCUT2D eigenvalue weighted by molar-refractivity contribution is 7.91. The van der Waals surface area contributed by atoms with Gasteiger partial charge in [0.25, 0.3) is 0 Å². The van der Waals surface area contributed by atoms with E-state index in [0.29, 0.717) is 24.0 Å². The second kappa shape index (κ2) is 5.26. The number of carbonyl (C=O) groups excluding carboxylic acids is 1. The molecule has 1 saturated heterocycles. The lowest BCUT2D eigenvalue weighted by atomic mass is 10.0. The van der Waals surface area contributed by atoms with E-state index in [9.17, 15) is 13.2 Å². The van der Waals surface area contributed by atoms with Crippen LogP contribution < -0.4 is 5.32 Å². The summed E-state index contributed by atoms with van der Waals surface area (Å²) < 4.78 is 28.7. The first-order valence-electron chi connectivity index (χ1n) is 7.57. The molecule has 1 N–H and O–H groups in total. The molecule has 1 aliphatic heterocycles. The Morgan fingerprint density at radius 1 is 1.45 bits per heavy atom. The summed E-state index contributed by atoms with van der Waals surface area (Å²) in [7, 11) is -3.03. The van der Waals surface area contributed by atoms with Crippen molar-refractivity contribution in [2.45, 2.75) is 38.1 Å². The minimum Gasteiger partial charge on any atom is -0.461 e. The van der Waals surface area contributed by atoms with E-state index in [1.54, 1.807) is 13.0 Å². The molecule has 2 aliphatic rings. The van der Waals surface area contributed by atoms with E-state index in [1.165, 1.54) is 6.08 Å². The van der Waals surface area contributed by atoms with Crippen molar-refractivity contribution >= 4 is 21.8 Å². The van der Waals surface area contributed by atoms with Crippen molar-refractivity contribution in [2.75, 3.05) is 11.5 Å². The van der Waals surface area contributed by atoms with Gasteiger partial charge in [-0.15, -0.1) is 0 Å². The lowest BCUT2D eigenvalue weighted by Gasteiger charge is -2.22. The summed E-state index contributed by atoms with van der Waals surface area (Å²) >= 11 is 0. The molecule has 0 radical (unpaired) electrons. The van der Waals surface area contributed by atoms with Crippen LogP contribution in [0, 0.1) is 5.92 Å². The fourth-order valence-corrected chi connectivity index (χ4v) is 5.07. The highest BCUT2D eigenvalue weighted by Crippen LogP contribution is 2.47. The average Bonchev–Trinajstić information content (AvgIpc) is 2.84. The highest BCUT2D eigenvalue weighted by atomic mass is 32.2. The van der Waals surface area contributed by atoms with Gasteiger partial charge in [0, 0.05) is 12.0 Å². The normalized spacial score (nSPS) is 33.2. The third kappa shape index (κ3) is 3.43. The maximum Gasteiger partial charge on any atom is 0.244 e. The topological polar surface area (TPSA) is 76.4 Å². The quantitative estimate of drug-likeness (QED) is 0.861. The van der Waals surface area contributed by atoms with Crippen LogP contribution in [0.1, 0.15) is 44.1 Å². The van der Waals surface area contributed by atoms with Gasteiger partial charge in [-0.1, -0.05) is 6.92 Å². The van der Waals surface area contributed by atoms with Crippen molar-refractivity contribution in [1.29, 1.82) is 0 Å². The number of amides is 1. The smallest absolute Gasteiger partial charge is 0.244 e. The van der Waals surface area contributed by atoms with Gasteiger partial charge in [0.2, 0.25) is 5.91 Å². The number of carbonyl (C=O) groups is 1. The third-order valence-electron chi connectivity index (χ3n) is 4.45. The van der Waals surface area contributed by atoms with Crippen molar-refractivity contribution in [3.8, 4) is 0 Å². The molecule has 1 aromatic rings. The summed E-state index contributed by atoms with van der Waals surface area (Å²) in [6, 6.07) is 3.81. The molecule has 0 aromatic carbocycles. The Kier molecular flexibility index (Phi) is 3.67. The van der Waals surface area contributed by atoms with Crippen molar-refractivity contribution in [3.05, 3.63) is 29.7 Å². The largest absolute Gasteiger partial charge is 0.461 e. The summed E-state index contributed by atoms with van der Waals surface area (Å²) in [5.74, 6) is 2.65. The average molecular weight is 323 g/mol. The van der Waals surface area contributed by atoms with Crippen LogP contribution in [0.25, 0.3) is 6.08 Å². The molecule has 3 atom stereocenters. The minimum atomic E-state index is -3.03. The molecule has 22 heavy (non-hydrogen) atoms. The Hall–Kier alpha value is -1.56. The molecule has 1 saturated carbocycles. The maximum absolute atomic E-state index is 12.0. The molecule has 2 heterocycles. The number of hydrogen-bond donors (Lipinski definition) is 1. The second-order valence-electron chi connectivity index (χ2n) is 6.78. The summed E-state index contributed by atoms with van der Waals surface area (Å²) in [5, 5.41) is 2.78. The molecule has 3 rings (SSSR count). The van der Waals surface area contributed by atoms with E-state index in [0.717, 1.165) is 12.2 Å². The summed E-state index contributed by atoms with van der Waals surface area (Å²) in [4.78, 5) is 12.0. The van der Waals surface area contributed by atoms with Crippen LogP contribution in [0.5, 0.6) is 0 Å². The zero-order valence-electron chi connectivity index (χ0n) is 12.8. The second-order valence-corrected chi connectivity index (χ2v) is 8.97. The Morgan fingerprint density at radius 3 is 2.77 bits per heavy atom. The minimum absolute atomic E-state index is 0.00402. The molecule has 6 heteroatoms. The number of rotatable bonds is 4. The van der Waals surface area contributed by atoms with Crippen LogP contribution in [0.15, 0.2) is 22.6 Å². The van der Waals surface area contributed by atoms with E-state index in [4.69, 9.17) is 4.42 Å². The van der Waals surface area contributed by atoms with Crippen LogP contribution in [0.4, 0.5) is 0 Å². The molecule has 5 nitrogen and oxygen atoms in total. The molecule has 3 unspecified atom stereocenters. The Labute approximate surface area is 130 Å². The van der Waals surface area contributed by atoms with Gasteiger partial charge in [0.15, 0.2) is 9.84 Å². The van der Waals surface area contributed by atoms with E-state index in [1.807, 2.05) is 12.1 Å². The van der Waals surface area contributed by atoms with Gasteiger partial charge in [0.1, 0.15) is 11.5 Å². The zero-order valence-corrected chi connectivity index (χ0v) is 13.7. The van der Waals surface area contributed by atoms with Gasteiger partial charge in [-0.25, -0.2) is 8.42 Å². The van der Waals surface area contributed by atoms with Crippen LogP contribution in [-0.2, 0) is 14.6 Å². The Morgan fingerprint density at radius 2 is 2.18 bits per heavy atom. The highest BCUT2D eigenvalue weighted by Gasteiger charge is 2.39. The van der Waals surface area contributed by atoms with Crippen molar-refractivity contribution in [2.24, 2.45) is 5.92 Å². The fraction of sp³-hybridized carbons (Fsp3) is 0.562. The van der Waals surface area contributed by atoms with Crippen LogP contribution in [-0.4, -0.2) is 31.4 Å². The van der Waals surface area contributed by atoms with E-state index >= 15 is 0 Å². The standard InChI is InChI=1S/C16H21NO4S/c1-11-9-13(11)14-5-3-12(21-14)4-6-15(18)17-16(2)7-8-22(19,20)10-16/h3-6,11,13H,7-10H2,1-2H3,(H,17,18)/b6-4+. The zero-order chi connectivity index (χ0) is 16.0. The van der Waals surface area contributed by atoms with E-state index < -0.39 is 15.4 Å². The number of sulfone groups is 1. The molecule has 0 spiro atoms. The van der Waals surface area contributed by atoms with E-state index in [2.05, 4.69) is 12.2 Å². The summed E-state index contributed by atoms with van der Waals surface area (Å²) in [6.45, 7) is 3.95. The third-order valence-corrected chi connectivity index (χ3v) is 6.35. The molecular weight excluding hydrogens is 302 g/mol. The first-order valence-corrected chi connectivity index (χ1v) is 9.39. The SMILES string of the molecule is CC1CC1c1ccc(/C=C/C(=O)NC2(C)CCS(=O)(=O)C2)o1. The number of hydrogen-bond acceptors (Lipinski definition) is 4. The van der Waals surface area contributed by atoms with Gasteiger partial charge < -0.3 is 9.73 Å². The van der Waals surface area contributed by atoms with Gasteiger partial charge in [-0.05, 0) is 43.9 Å². The van der Waals surface area contributed by atoms with Gasteiger partial charge in [0.05, 0.1) is 17.0 Å². The van der Waals surface area contributed by atoms with E-state index in [-0.39, 0.29) is 17.4 Å². The van der Waals surface area contributed by atoms with Crippen LogP contribution >= 0.6 is 0 Å². The number of nitrogens with one attached hydrogen (secondary N) is 1. The van der Waals surface area contributed by atoms with Crippen LogP contribution in [0.3, 0.4) is 0 Å².